The number of carbonyl (C=O) groups excluding carboxylic acids is 2. The third-order valence-electron chi connectivity index (χ3n) is 2.36. The van der Waals surface area contributed by atoms with Gasteiger partial charge in [0.1, 0.15) is 0 Å². The molecule has 1 fully saturated rings. The lowest BCUT2D eigenvalue weighted by molar-refractivity contribution is -0.156. The van der Waals surface area contributed by atoms with Gasteiger partial charge < -0.3 is 5.11 Å². The predicted octanol–water partition coefficient (Wildman–Crippen LogP) is -1.49. The van der Waals surface area contributed by atoms with E-state index in [2.05, 4.69) is 5.32 Å². The molecule has 1 aliphatic rings. The van der Waals surface area contributed by atoms with E-state index in [1.807, 2.05) is 0 Å². The van der Waals surface area contributed by atoms with E-state index in [-0.39, 0.29) is 0 Å². The van der Waals surface area contributed by atoms with Crippen LogP contribution in [0.2, 0.25) is 0 Å². The van der Waals surface area contributed by atoms with Gasteiger partial charge in [-0.1, -0.05) is 0 Å². The van der Waals surface area contributed by atoms with E-state index in [0.29, 0.717) is 0 Å². The molecule has 2 N–H and O–H groups in total. The summed E-state index contributed by atoms with van der Waals surface area (Å²) in [6.07, 6.45) is 0. The van der Waals surface area contributed by atoms with Crippen molar-refractivity contribution in [3.05, 3.63) is 0 Å². The summed E-state index contributed by atoms with van der Waals surface area (Å²) >= 11 is 0. The fraction of sp³-hybridized carbons (Fsp3) is 0.571. The van der Waals surface area contributed by atoms with E-state index in [0.717, 1.165) is 9.80 Å². The Kier molecular flexibility index (Phi) is 2.20. The van der Waals surface area contributed by atoms with Gasteiger partial charge >= 0.3 is 12.0 Å². The lowest BCUT2D eigenvalue weighted by Gasteiger charge is -2.26. The van der Waals surface area contributed by atoms with Crippen LogP contribution in [-0.2, 0) is 9.59 Å². The van der Waals surface area contributed by atoms with Gasteiger partial charge in [-0.05, 0) is 7.05 Å². The molecule has 7 nitrogen and oxygen atoms in total. The van der Waals surface area contributed by atoms with Gasteiger partial charge in [0.15, 0.2) is 0 Å². The molecule has 1 rings (SSSR count). The molecule has 0 aliphatic carbocycles. The van der Waals surface area contributed by atoms with Crippen LogP contribution in [0.5, 0.6) is 0 Å². The summed E-state index contributed by atoms with van der Waals surface area (Å²) in [5.41, 5.74) is -1.97. The number of carboxylic acid groups (broad SMARTS) is 1. The van der Waals surface area contributed by atoms with Crippen LogP contribution in [0.3, 0.4) is 0 Å². The highest BCUT2D eigenvalue weighted by atomic mass is 16.4. The van der Waals surface area contributed by atoms with Crippen molar-refractivity contribution in [3.63, 3.8) is 0 Å². The summed E-state index contributed by atoms with van der Waals surface area (Å²) in [5, 5.41) is 11.3. The Morgan fingerprint density at radius 2 is 1.93 bits per heavy atom. The highest BCUT2D eigenvalue weighted by Crippen LogP contribution is 2.22. The number of amides is 3. The molecule has 0 aromatic heterocycles. The number of hydrogen-bond donors (Lipinski definition) is 2. The summed E-state index contributed by atoms with van der Waals surface area (Å²) in [7, 11) is 3.81. The van der Waals surface area contributed by atoms with Crippen LogP contribution in [0.25, 0.3) is 0 Å². The highest BCUT2D eigenvalue weighted by molar-refractivity contribution is 6.17. The standard InChI is InChI=1S/C7H11N3O4/c1-8-7(5(12)13)4(11)9(2)6(14)10(7)3/h8H,1-3H3,(H,12,13). The Hall–Kier alpha value is -1.63. The van der Waals surface area contributed by atoms with E-state index in [4.69, 9.17) is 5.11 Å². The van der Waals surface area contributed by atoms with Gasteiger partial charge in [-0.3, -0.25) is 19.9 Å². The Labute approximate surface area is 80.3 Å². The van der Waals surface area contributed by atoms with Crippen LogP contribution in [0.4, 0.5) is 4.79 Å². The van der Waals surface area contributed by atoms with Crippen molar-refractivity contribution < 1.29 is 19.5 Å². The van der Waals surface area contributed by atoms with E-state index < -0.39 is 23.6 Å². The number of hydrogen-bond acceptors (Lipinski definition) is 4. The van der Waals surface area contributed by atoms with Crippen molar-refractivity contribution >= 4 is 17.9 Å². The Balaban J connectivity index is 3.27. The van der Waals surface area contributed by atoms with Crippen molar-refractivity contribution in [2.45, 2.75) is 5.66 Å². The number of rotatable bonds is 2. The van der Waals surface area contributed by atoms with Gasteiger partial charge in [0.05, 0.1) is 0 Å². The topological polar surface area (TPSA) is 90.0 Å². The van der Waals surface area contributed by atoms with Crippen molar-refractivity contribution in [2.24, 2.45) is 0 Å². The lowest BCUT2D eigenvalue weighted by atomic mass is 10.1. The zero-order chi connectivity index (χ0) is 11.1. The molecule has 0 spiro atoms. The maximum absolute atomic E-state index is 11.5. The normalized spacial score (nSPS) is 27.4. The molecule has 14 heavy (non-hydrogen) atoms. The van der Waals surface area contributed by atoms with Crippen molar-refractivity contribution in [1.29, 1.82) is 0 Å². The fourth-order valence-electron chi connectivity index (χ4n) is 1.46. The molecule has 1 aliphatic heterocycles. The van der Waals surface area contributed by atoms with Crippen LogP contribution in [0.15, 0.2) is 0 Å². The van der Waals surface area contributed by atoms with Gasteiger partial charge in [0, 0.05) is 14.1 Å². The number of urea groups is 1. The van der Waals surface area contributed by atoms with E-state index in [1.54, 1.807) is 0 Å². The van der Waals surface area contributed by atoms with Crippen LogP contribution in [0.1, 0.15) is 0 Å². The molecule has 0 aromatic carbocycles. The minimum absolute atomic E-state index is 0.647. The quantitative estimate of drug-likeness (QED) is 0.419. The van der Waals surface area contributed by atoms with Crippen LogP contribution >= 0.6 is 0 Å². The zero-order valence-electron chi connectivity index (χ0n) is 8.07. The second-order valence-corrected chi connectivity index (χ2v) is 2.97. The predicted molar refractivity (Wildman–Crippen MR) is 45.4 cm³/mol. The van der Waals surface area contributed by atoms with Gasteiger partial charge in [-0.15, -0.1) is 0 Å². The number of carboxylic acids is 1. The zero-order valence-corrected chi connectivity index (χ0v) is 8.07. The van der Waals surface area contributed by atoms with Crippen molar-refractivity contribution in [2.75, 3.05) is 21.1 Å². The molecule has 1 heterocycles. The van der Waals surface area contributed by atoms with Gasteiger partial charge in [0.2, 0.25) is 0 Å². The minimum Gasteiger partial charge on any atom is -0.478 e. The number of carbonyl (C=O) groups is 3. The lowest BCUT2D eigenvalue weighted by Crippen LogP contribution is -2.63. The van der Waals surface area contributed by atoms with Gasteiger partial charge in [0.25, 0.3) is 11.6 Å². The molecule has 1 atom stereocenters. The summed E-state index contributed by atoms with van der Waals surface area (Å²) in [6.45, 7) is 0. The highest BCUT2D eigenvalue weighted by Gasteiger charge is 2.59. The SMILES string of the molecule is CNC1(C(=O)O)C(=O)N(C)C(=O)N1C. The molecule has 1 unspecified atom stereocenters. The van der Waals surface area contributed by atoms with Gasteiger partial charge in [-0.25, -0.2) is 9.59 Å². The average Bonchev–Trinajstić information content (AvgIpc) is 2.30. The summed E-state index contributed by atoms with van der Waals surface area (Å²) in [6, 6.07) is -0.647. The Morgan fingerprint density at radius 1 is 1.43 bits per heavy atom. The van der Waals surface area contributed by atoms with Gasteiger partial charge in [-0.2, -0.15) is 0 Å². The first kappa shape index (κ1) is 10.5. The van der Waals surface area contributed by atoms with Crippen molar-refractivity contribution in [1.82, 2.24) is 15.1 Å². The second-order valence-electron chi connectivity index (χ2n) is 2.97. The Morgan fingerprint density at radius 3 is 2.07 bits per heavy atom. The van der Waals surface area contributed by atoms with Crippen LogP contribution < -0.4 is 5.32 Å². The smallest absolute Gasteiger partial charge is 0.355 e. The number of imide groups is 1. The molecule has 78 valence electrons. The third-order valence-corrected chi connectivity index (χ3v) is 2.36. The molecular formula is C7H11N3O4. The maximum atomic E-state index is 11.5. The molecule has 0 bridgehead atoms. The van der Waals surface area contributed by atoms with Crippen LogP contribution in [-0.4, -0.2) is 59.6 Å². The molecule has 3 amide bonds. The molecule has 1 saturated heterocycles. The summed E-state index contributed by atoms with van der Waals surface area (Å²) in [5.74, 6) is -2.19. The van der Waals surface area contributed by atoms with Crippen LogP contribution in [0, 0.1) is 0 Å². The van der Waals surface area contributed by atoms with E-state index >= 15 is 0 Å². The van der Waals surface area contributed by atoms with E-state index in [1.165, 1.54) is 21.1 Å². The molecule has 0 radical (unpaired) electrons. The number of likely N-dealkylation sites (N-methyl/N-ethyl adjacent to an activating group) is 3. The Bertz CT molecular complexity index is 316. The maximum Gasteiger partial charge on any atom is 0.355 e. The average molecular weight is 201 g/mol. The van der Waals surface area contributed by atoms with Crippen molar-refractivity contribution in [3.8, 4) is 0 Å². The molecule has 0 aromatic rings. The summed E-state index contributed by atoms with van der Waals surface area (Å²) in [4.78, 5) is 35.5. The summed E-state index contributed by atoms with van der Waals surface area (Å²) < 4.78 is 0. The third kappa shape index (κ3) is 0.925. The second kappa shape index (κ2) is 2.95. The van der Waals surface area contributed by atoms with E-state index in [9.17, 15) is 14.4 Å². The monoisotopic (exact) mass is 201 g/mol. The largest absolute Gasteiger partial charge is 0.478 e. The fourth-order valence-corrected chi connectivity index (χ4v) is 1.46. The number of nitrogens with zero attached hydrogens (tertiary/aromatic N) is 2. The number of nitrogens with one attached hydrogen (secondary N) is 1. The molecular weight excluding hydrogens is 190 g/mol. The minimum atomic E-state index is -1.97. The first-order chi connectivity index (χ1) is 6.39. The molecule has 7 heteroatoms. The number of aliphatic carboxylic acids is 1. The molecule has 0 saturated carbocycles. The first-order valence-corrected chi connectivity index (χ1v) is 3.87. The first-order valence-electron chi connectivity index (χ1n) is 3.87.